The number of primary amides is 1. The topological polar surface area (TPSA) is 69.1 Å². The van der Waals surface area contributed by atoms with Crippen LogP contribution in [-0.4, -0.2) is 5.91 Å². The molecule has 0 radical (unpaired) electrons. The van der Waals surface area contributed by atoms with Crippen molar-refractivity contribution in [2.24, 2.45) is 11.5 Å². The van der Waals surface area contributed by atoms with Crippen LogP contribution >= 0.6 is 0 Å². The summed E-state index contributed by atoms with van der Waals surface area (Å²) in [6, 6.07) is 0. The smallest absolute Gasteiger partial charge is 0.243 e. The molecule has 0 spiro atoms. The molecule has 0 saturated heterocycles. The molecule has 0 aromatic heterocycles. The first-order valence-corrected chi connectivity index (χ1v) is 2.06. The number of hydrogen-bond acceptors (Lipinski definition) is 2. The number of carbonyl (C=O) groups excluding carboxylic acids is 1. The Morgan fingerprint density at radius 1 is 1.50 bits per heavy atom. The van der Waals surface area contributed by atoms with Crippen LogP contribution in [0.15, 0.2) is 24.4 Å². The van der Waals surface area contributed by atoms with Crippen molar-refractivity contribution in [3.63, 3.8) is 0 Å². The second-order valence-corrected chi connectivity index (χ2v) is 1.25. The van der Waals surface area contributed by atoms with Crippen molar-refractivity contribution in [2.45, 2.75) is 0 Å². The molecule has 0 saturated carbocycles. The normalized spacial score (nSPS) is 10.8. The van der Waals surface area contributed by atoms with E-state index in [2.05, 4.69) is 6.58 Å². The zero-order chi connectivity index (χ0) is 6.57. The average molecular weight is 112 g/mol. The van der Waals surface area contributed by atoms with E-state index >= 15 is 0 Å². The third-order valence-electron chi connectivity index (χ3n) is 0.545. The van der Waals surface area contributed by atoms with Crippen molar-refractivity contribution < 1.29 is 4.79 Å². The van der Waals surface area contributed by atoms with Gasteiger partial charge in [0.15, 0.2) is 0 Å². The summed E-state index contributed by atoms with van der Waals surface area (Å²) in [4.78, 5) is 9.99. The summed E-state index contributed by atoms with van der Waals surface area (Å²) in [5, 5.41) is 0. The quantitative estimate of drug-likeness (QED) is 0.373. The minimum absolute atomic E-state index is 0.289. The highest BCUT2D eigenvalue weighted by atomic mass is 16.1. The van der Waals surface area contributed by atoms with Crippen molar-refractivity contribution in [3.8, 4) is 0 Å². The lowest BCUT2D eigenvalue weighted by Crippen LogP contribution is -2.09. The molecule has 44 valence electrons. The third kappa shape index (κ3) is 2.96. The number of nitrogens with two attached hydrogens (primary N) is 2. The van der Waals surface area contributed by atoms with E-state index < -0.39 is 5.91 Å². The molecule has 0 aliphatic rings. The molecule has 1 amide bonds. The summed E-state index contributed by atoms with van der Waals surface area (Å²) in [7, 11) is 0. The van der Waals surface area contributed by atoms with Crippen LogP contribution in [0.2, 0.25) is 0 Å². The van der Waals surface area contributed by atoms with Crippen molar-refractivity contribution in [1.29, 1.82) is 0 Å². The maximum Gasteiger partial charge on any atom is 0.243 e. The van der Waals surface area contributed by atoms with E-state index in [0.29, 0.717) is 0 Å². The van der Waals surface area contributed by atoms with Gasteiger partial charge < -0.3 is 11.5 Å². The van der Waals surface area contributed by atoms with Crippen LogP contribution in [0.25, 0.3) is 0 Å². The fourth-order valence-corrected chi connectivity index (χ4v) is 0.223. The Hall–Kier alpha value is -1.25. The molecule has 8 heavy (non-hydrogen) atoms. The van der Waals surface area contributed by atoms with Crippen LogP contribution in [0.3, 0.4) is 0 Å². The molecule has 0 fully saturated rings. The van der Waals surface area contributed by atoms with Gasteiger partial charge in [0.25, 0.3) is 0 Å². The SMILES string of the molecule is C=C/C(N)=C/C(N)=O. The van der Waals surface area contributed by atoms with Crippen LogP contribution in [0, 0.1) is 0 Å². The van der Waals surface area contributed by atoms with Gasteiger partial charge in [-0.2, -0.15) is 0 Å². The van der Waals surface area contributed by atoms with E-state index in [-0.39, 0.29) is 5.70 Å². The molecule has 3 nitrogen and oxygen atoms in total. The highest BCUT2D eigenvalue weighted by molar-refractivity contribution is 5.86. The highest BCUT2D eigenvalue weighted by Crippen LogP contribution is 1.79. The van der Waals surface area contributed by atoms with E-state index in [1.807, 2.05) is 0 Å². The Morgan fingerprint density at radius 3 is 2.12 bits per heavy atom. The van der Waals surface area contributed by atoms with Gasteiger partial charge in [-0.05, 0) is 6.08 Å². The van der Waals surface area contributed by atoms with Gasteiger partial charge in [0.05, 0.1) is 0 Å². The first-order valence-electron chi connectivity index (χ1n) is 2.06. The minimum atomic E-state index is -0.553. The monoisotopic (exact) mass is 112 g/mol. The fourth-order valence-electron chi connectivity index (χ4n) is 0.223. The lowest BCUT2D eigenvalue weighted by atomic mass is 10.4. The highest BCUT2D eigenvalue weighted by Gasteiger charge is 1.83. The second kappa shape index (κ2) is 2.85. The predicted octanol–water partition coefficient (Wildman–Crippen LogP) is -0.500. The van der Waals surface area contributed by atoms with Gasteiger partial charge in [0.1, 0.15) is 0 Å². The number of hydrogen-bond donors (Lipinski definition) is 2. The van der Waals surface area contributed by atoms with Crippen LogP contribution in [0.1, 0.15) is 0 Å². The lowest BCUT2D eigenvalue weighted by Gasteiger charge is -1.84. The van der Waals surface area contributed by atoms with Crippen LogP contribution in [-0.2, 0) is 4.79 Å². The third-order valence-corrected chi connectivity index (χ3v) is 0.545. The van der Waals surface area contributed by atoms with Gasteiger partial charge in [-0.3, -0.25) is 4.79 Å². The molecule has 0 heterocycles. The van der Waals surface area contributed by atoms with Gasteiger partial charge in [-0.1, -0.05) is 6.58 Å². The molecular weight excluding hydrogens is 104 g/mol. The van der Waals surface area contributed by atoms with E-state index in [4.69, 9.17) is 11.5 Å². The first-order chi connectivity index (χ1) is 3.66. The van der Waals surface area contributed by atoms with Crippen molar-refractivity contribution in [2.75, 3.05) is 0 Å². The Balaban J connectivity index is 3.94. The molecule has 0 aromatic rings. The molecule has 3 heteroatoms. The lowest BCUT2D eigenvalue weighted by molar-refractivity contribution is -0.113. The fraction of sp³-hybridized carbons (Fsp3) is 0. The van der Waals surface area contributed by atoms with Gasteiger partial charge >= 0.3 is 0 Å². The van der Waals surface area contributed by atoms with E-state index in [1.165, 1.54) is 6.08 Å². The summed E-state index contributed by atoms with van der Waals surface area (Å²) >= 11 is 0. The number of rotatable bonds is 2. The number of carbonyl (C=O) groups is 1. The summed E-state index contributed by atoms with van der Waals surface area (Å²) in [5.74, 6) is -0.553. The largest absolute Gasteiger partial charge is 0.399 e. The average Bonchev–Trinajstić information content (AvgIpc) is 1.65. The Kier molecular flexibility index (Phi) is 2.40. The zero-order valence-electron chi connectivity index (χ0n) is 4.42. The predicted molar refractivity (Wildman–Crippen MR) is 31.7 cm³/mol. The standard InChI is InChI=1S/C5H8N2O/c1-2-4(6)3-5(7)8/h2-3H,1,6H2,(H2,7,8)/b4-3-. The van der Waals surface area contributed by atoms with Crippen molar-refractivity contribution in [1.82, 2.24) is 0 Å². The molecule has 0 bridgehead atoms. The van der Waals surface area contributed by atoms with Crippen LogP contribution < -0.4 is 11.5 Å². The molecule has 0 rings (SSSR count). The molecule has 0 aromatic carbocycles. The number of allylic oxidation sites excluding steroid dienone is 1. The van der Waals surface area contributed by atoms with E-state index in [1.54, 1.807) is 0 Å². The summed E-state index contributed by atoms with van der Waals surface area (Å²) in [5.41, 5.74) is 10.1. The molecule has 0 aliphatic heterocycles. The van der Waals surface area contributed by atoms with Crippen LogP contribution in [0.4, 0.5) is 0 Å². The van der Waals surface area contributed by atoms with Crippen molar-refractivity contribution in [3.05, 3.63) is 24.4 Å². The summed E-state index contributed by atoms with van der Waals surface area (Å²) < 4.78 is 0. The number of amides is 1. The van der Waals surface area contributed by atoms with E-state index in [0.717, 1.165) is 6.08 Å². The first kappa shape index (κ1) is 6.75. The van der Waals surface area contributed by atoms with Crippen LogP contribution in [0.5, 0.6) is 0 Å². The van der Waals surface area contributed by atoms with Gasteiger partial charge in [-0.25, -0.2) is 0 Å². The maximum absolute atomic E-state index is 9.99. The van der Waals surface area contributed by atoms with Gasteiger partial charge in [-0.15, -0.1) is 0 Å². The molecular formula is C5H8N2O. The summed E-state index contributed by atoms with van der Waals surface area (Å²) in [6.07, 6.45) is 2.46. The minimum Gasteiger partial charge on any atom is -0.399 e. The van der Waals surface area contributed by atoms with E-state index in [9.17, 15) is 4.79 Å². The molecule has 0 atom stereocenters. The second-order valence-electron chi connectivity index (χ2n) is 1.25. The maximum atomic E-state index is 9.99. The Labute approximate surface area is 47.7 Å². The Bertz CT molecular complexity index is 137. The zero-order valence-corrected chi connectivity index (χ0v) is 4.42. The molecule has 0 unspecified atom stereocenters. The van der Waals surface area contributed by atoms with Gasteiger partial charge in [0, 0.05) is 11.8 Å². The van der Waals surface area contributed by atoms with Crippen molar-refractivity contribution >= 4 is 5.91 Å². The van der Waals surface area contributed by atoms with Gasteiger partial charge in [0.2, 0.25) is 5.91 Å². The molecule has 0 aliphatic carbocycles. The Morgan fingerprint density at radius 2 is 2.00 bits per heavy atom. The molecule has 4 N–H and O–H groups in total. The summed E-state index contributed by atoms with van der Waals surface area (Å²) in [6.45, 7) is 3.31.